The molecule has 0 aliphatic carbocycles. The summed E-state index contributed by atoms with van der Waals surface area (Å²) in [5.74, 6) is 0.523. The zero-order valence-corrected chi connectivity index (χ0v) is 13.0. The van der Waals surface area contributed by atoms with E-state index in [0.717, 1.165) is 24.3 Å². The van der Waals surface area contributed by atoms with Gasteiger partial charge in [-0.2, -0.15) is 0 Å². The third-order valence-corrected chi connectivity index (χ3v) is 3.50. The predicted octanol–water partition coefficient (Wildman–Crippen LogP) is 4.03. The van der Waals surface area contributed by atoms with Crippen LogP contribution in [0.15, 0.2) is 53.5 Å². The van der Waals surface area contributed by atoms with Gasteiger partial charge in [-0.05, 0) is 50.1 Å². The van der Waals surface area contributed by atoms with Gasteiger partial charge in [0.15, 0.2) is 0 Å². The largest absolute Gasteiger partial charge is 0.369 e. The second kappa shape index (κ2) is 6.93. The molecule has 0 saturated heterocycles. The summed E-state index contributed by atoms with van der Waals surface area (Å²) < 4.78 is 0. The van der Waals surface area contributed by atoms with Crippen molar-refractivity contribution in [2.45, 2.75) is 27.2 Å². The van der Waals surface area contributed by atoms with Crippen molar-refractivity contribution in [1.29, 1.82) is 0 Å². The van der Waals surface area contributed by atoms with E-state index < -0.39 is 0 Å². The number of aliphatic imine (C=N–C) groups is 1. The van der Waals surface area contributed by atoms with Gasteiger partial charge in [-0.3, -0.25) is 0 Å². The molecule has 3 heteroatoms. The van der Waals surface area contributed by atoms with Crippen LogP contribution in [0.3, 0.4) is 0 Å². The first kappa shape index (κ1) is 15.1. The molecule has 0 saturated carbocycles. The van der Waals surface area contributed by atoms with Crippen LogP contribution in [0.2, 0.25) is 0 Å². The van der Waals surface area contributed by atoms with Crippen molar-refractivity contribution in [3.05, 3.63) is 59.7 Å². The zero-order chi connectivity index (χ0) is 15.2. The Bertz CT molecular complexity index is 615. The molecule has 0 spiro atoms. The molecule has 2 rings (SSSR count). The smallest absolute Gasteiger partial charge is 0.201 e. The minimum atomic E-state index is 0.523. The highest BCUT2D eigenvalue weighted by atomic mass is 15.2. The van der Waals surface area contributed by atoms with Crippen LogP contribution in [0, 0.1) is 6.92 Å². The standard InChI is InChI=1S/C18H23N3/c1-4-15-7-6-8-17(13-15)21(5-2)18(19)20-16-11-9-14(3)10-12-16/h6-13H,4-5H2,1-3H3,(H2,19,20). The summed E-state index contributed by atoms with van der Waals surface area (Å²) in [4.78, 5) is 6.55. The van der Waals surface area contributed by atoms with Crippen molar-refractivity contribution in [2.75, 3.05) is 11.4 Å². The fourth-order valence-corrected chi connectivity index (χ4v) is 2.23. The van der Waals surface area contributed by atoms with Gasteiger partial charge in [0.1, 0.15) is 0 Å². The lowest BCUT2D eigenvalue weighted by Gasteiger charge is -2.22. The summed E-state index contributed by atoms with van der Waals surface area (Å²) in [5.41, 5.74) is 10.7. The van der Waals surface area contributed by atoms with Gasteiger partial charge in [0.25, 0.3) is 0 Å². The number of anilines is 1. The van der Waals surface area contributed by atoms with Crippen molar-refractivity contribution in [3.8, 4) is 0 Å². The van der Waals surface area contributed by atoms with E-state index in [2.05, 4.69) is 50.0 Å². The second-order valence-corrected chi connectivity index (χ2v) is 5.07. The molecule has 2 N–H and O–H groups in total. The fraction of sp³-hybridized carbons (Fsp3) is 0.278. The average Bonchev–Trinajstić information content (AvgIpc) is 2.50. The minimum absolute atomic E-state index is 0.523. The first-order valence-corrected chi connectivity index (χ1v) is 7.41. The molecule has 0 aromatic heterocycles. The highest BCUT2D eigenvalue weighted by Crippen LogP contribution is 2.18. The number of hydrogen-bond donors (Lipinski definition) is 1. The van der Waals surface area contributed by atoms with Crippen LogP contribution < -0.4 is 10.6 Å². The van der Waals surface area contributed by atoms with Crippen LogP contribution in [0.1, 0.15) is 25.0 Å². The van der Waals surface area contributed by atoms with Crippen LogP contribution in [-0.4, -0.2) is 12.5 Å². The maximum absolute atomic E-state index is 6.20. The van der Waals surface area contributed by atoms with Crippen LogP contribution in [0.4, 0.5) is 11.4 Å². The molecule has 0 bridgehead atoms. The lowest BCUT2D eigenvalue weighted by atomic mass is 10.1. The minimum Gasteiger partial charge on any atom is -0.369 e. The summed E-state index contributed by atoms with van der Waals surface area (Å²) in [6.07, 6.45) is 1.01. The van der Waals surface area contributed by atoms with Crippen LogP contribution in [0.25, 0.3) is 0 Å². The Hall–Kier alpha value is -2.29. The number of nitrogens with zero attached hydrogens (tertiary/aromatic N) is 2. The van der Waals surface area contributed by atoms with Crippen LogP contribution >= 0.6 is 0 Å². The molecule has 0 radical (unpaired) electrons. The Labute approximate surface area is 127 Å². The van der Waals surface area contributed by atoms with E-state index >= 15 is 0 Å². The maximum Gasteiger partial charge on any atom is 0.201 e. The van der Waals surface area contributed by atoms with E-state index in [4.69, 9.17) is 5.73 Å². The number of rotatable bonds is 4. The van der Waals surface area contributed by atoms with E-state index in [1.165, 1.54) is 11.1 Å². The normalized spacial score (nSPS) is 11.5. The Morgan fingerprint density at radius 3 is 2.43 bits per heavy atom. The highest BCUT2D eigenvalue weighted by molar-refractivity contribution is 5.96. The summed E-state index contributed by atoms with van der Waals surface area (Å²) in [5, 5.41) is 0. The first-order chi connectivity index (χ1) is 10.1. The Morgan fingerprint density at radius 1 is 1.10 bits per heavy atom. The molecule has 2 aromatic carbocycles. The van der Waals surface area contributed by atoms with Crippen molar-refractivity contribution in [2.24, 2.45) is 10.7 Å². The van der Waals surface area contributed by atoms with Gasteiger partial charge in [0.2, 0.25) is 5.96 Å². The summed E-state index contributed by atoms with van der Waals surface area (Å²) in [7, 11) is 0. The third kappa shape index (κ3) is 3.85. The predicted molar refractivity (Wildman–Crippen MR) is 91.3 cm³/mol. The molecule has 2 aromatic rings. The van der Waals surface area contributed by atoms with Gasteiger partial charge in [0.05, 0.1) is 5.69 Å². The topological polar surface area (TPSA) is 41.6 Å². The molecule has 0 atom stereocenters. The summed E-state index contributed by atoms with van der Waals surface area (Å²) in [6.45, 7) is 7.08. The molecule has 3 nitrogen and oxygen atoms in total. The average molecular weight is 281 g/mol. The molecule has 0 heterocycles. The maximum atomic E-state index is 6.20. The number of guanidine groups is 1. The fourth-order valence-electron chi connectivity index (χ4n) is 2.23. The molecule has 0 fully saturated rings. The highest BCUT2D eigenvalue weighted by Gasteiger charge is 2.09. The lowest BCUT2D eigenvalue weighted by Crippen LogP contribution is -2.37. The third-order valence-electron chi connectivity index (χ3n) is 3.50. The zero-order valence-electron chi connectivity index (χ0n) is 13.0. The molecule has 0 amide bonds. The van der Waals surface area contributed by atoms with Crippen molar-refractivity contribution >= 4 is 17.3 Å². The summed E-state index contributed by atoms with van der Waals surface area (Å²) >= 11 is 0. The summed E-state index contributed by atoms with van der Waals surface area (Å²) in [6, 6.07) is 16.5. The van der Waals surface area contributed by atoms with E-state index in [-0.39, 0.29) is 0 Å². The molecule has 0 aliphatic rings. The molecule has 0 unspecified atom stereocenters. The van der Waals surface area contributed by atoms with Crippen molar-refractivity contribution in [1.82, 2.24) is 0 Å². The monoisotopic (exact) mass is 281 g/mol. The lowest BCUT2D eigenvalue weighted by molar-refractivity contribution is 1.03. The molecular weight excluding hydrogens is 258 g/mol. The van der Waals surface area contributed by atoms with E-state index in [1.807, 2.05) is 29.2 Å². The van der Waals surface area contributed by atoms with E-state index in [9.17, 15) is 0 Å². The quantitative estimate of drug-likeness (QED) is 0.679. The number of hydrogen-bond acceptors (Lipinski definition) is 1. The Balaban J connectivity index is 2.29. The molecule has 0 aliphatic heterocycles. The van der Waals surface area contributed by atoms with Crippen molar-refractivity contribution < 1.29 is 0 Å². The van der Waals surface area contributed by atoms with Gasteiger partial charge in [-0.1, -0.05) is 36.8 Å². The van der Waals surface area contributed by atoms with Crippen LogP contribution in [-0.2, 0) is 6.42 Å². The second-order valence-electron chi connectivity index (χ2n) is 5.07. The molecular formula is C18H23N3. The first-order valence-electron chi connectivity index (χ1n) is 7.41. The molecule has 21 heavy (non-hydrogen) atoms. The van der Waals surface area contributed by atoms with Gasteiger partial charge in [-0.15, -0.1) is 0 Å². The van der Waals surface area contributed by atoms with Gasteiger partial charge in [0, 0.05) is 12.2 Å². The number of benzene rings is 2. The Morgan fingerprint density at radius 2 is 1.81 bits per heavy atom. The van der Waals surface area contributed by atoms with Gasteiger partial charge < -0.3 is 10.6 Å². The van der Waals surface area contributed by atoms with Gasteiger partial charge in [-0.25, -0.2) is 4.99 Å². The molecule has 110 valence electrons. The Kier molecular flexibility index (Phi) is 4.99. The van der Waals surface area contributed by atoms with Crippen molar-refractivity contribution in [3.63, 3.8) is 0 Å². The SMILES string of the molecule is CCc1cccc(N(CC)C(N)=Nc2ccc(C)cc2)c1. The van der Waals surface area contributed by atoms with Crippen LogP contribution in [0.5, 0.6) is 0 Å². The number of nitrogens with two attached hydrogens (primary N) is 1. The van der Waals surface area contributed by atoms with E-state index in [1.54, 1.807) is 0 Å². The van der Waals surface area contributed by atoms with Gasteiger partial charge >= 0.3 is 0 Å². The number of aryl methyl sites for hydroxylation is 2. The van der Waals surface area contributed by atoms with E-state index in [0.29, 0.717) is 5.96 Å².